The fourth-order valence-corrected chi connectivity index (χ4v) is 1.52. The largest absolute Gasteiger partial charge is 0.382 e. The van der Waals surface area contributed by atoms with Gasteiger partial charge in [-0.15, -0.1) is 10.2 Å². The van der Waals surface area contributed by atoms with Crippen LogP contribution in [0, 0.1) is 11.3 Å². The molecule has 0 unspecified atom stereocenters. The van der Waals surface area contributed by atoms with Gasteiger partial charge in [-0.1, -0.05) is 0 Å². The van der Waals surface area contributed by atoms with Gasteiger partial charge in [0.1, 0.15) is 17.5 Å². The van der Waals surface area contributed by atoms with E-state index < -0.39 is 0 Å². The highest BCUT2D eigenvalue weighted by molar-refractivity contribution is 5.66. The van der Waals surface area contributed by atoms with Crippen LogP contribution in [0.1, 0.15) is 12.5 Å². The first-order valence-corrected chi connectivity index (χ1v) is 5.46. The van der Waals surface area contributed by atoms with E-state index in [4.69, 9.17) is 11.0 Å². The summed E-state index contributed by atoms with van der Waals surface area (Å²) in [4.78, 5) is 1.85. The van der Waals surface area contributed by atoms with Crippen LogP contribution in [0.2, 0.25) is 0 Å². The molecular weight excluding hydrogens is 230 g/mol. The van der Waals surface area contributed by atoms with Crippen LogP contribution < -0.4 is 10.6 Å². The fraction of sp³-hybridized carbons (Fsp3) is 0.273. The van der Waals surface area contributed by atoms with E-state index in [9.17, 15) is 0 Å². The highest BCUT2D eigenvalue weighted by atomic mass is 15.4. The van der Waals surface area contributed by atoms with Crippen LogP contribution in [0.3, 0.4) is 0 Å². The molecule has 0 spiro atoms. The van der Waals surface area contributed by atoms with Crippen molar-refractivity contribution < 1.29 is 0 Å². The molecule has 2 heterocycles. The van der Waals surface area contributed by atoms with E-state index in [1.165, 1.54) is 4.68 Å². The second-order valence-electron chi connectivity index (χ2n) is 3.70. The normalized spacial score (nSPS) is 10.1. The number of nitriles is 1. The molecule has 7 nitrogen and oxygen atoms in total. The Balaban J connectivity index is 2.58. The van der Waals surface area contributed by atoms with Crippen LogP contribution in [0.4, 0.5) is 11.6 Å². The van der Waals surface area contributed by atoms with Gasteiger partial charge in [-0.2, -0.15) is 15.0 Å². The lowest BCUT2D eigenvalue weighted by molar-refractivity contribution is 0.806. The highest BCUT2D eigenvalue weighted by Crippen LogP contribution is 2.25. The van der Waals surface area contributed by atoms with Crippen molar-refractivity contribution in [3.63, 3.8) is 0 Å². The number of anilines is 2. The summed E-state index contributed by atoms with van der Waals surface area (Å²) in [7, 11) is 1.85. The summed E-state index contributed by atoms with van der Waals surface area (Å²) in [5.74, 6) is 1.30. The van der Waals surface area contributed by atoms with Crippen LogP contribution in [-0.2, 0) is 0 Å². The van der Waals surface area contributed by atoms with Crippen LogP contribution in [-0.4, -0.2) is 33.6 Å². The van der Waals surface area contributed by atoms with Crippen molar-refractivity contribution in [3.05, 3.63) is 23.9 Å². The molecule has 0 aliphatic heterocycles. The van der Waals surface area contributed by atoms with E-state index in [-0.39, 0.29) is 5.82 Å². The molecule has 18 heavy (non-hydrogen) atoms. The molecular formula is C11H13N7. The molecule has 0 amide bonds. The van der Waals surface area contributed by atoms with Gasteiger partial charge in [0.2, 0.25) is 0 Å². The fourth-order valence-electron chi connectivity index (χ4n) is 1.52. The van der Waals surface area contributed by atoms with Crippen LogP contribution >= 0.6 is 0 Å². The van der Waals surface area contributed by atoms with Crippen LogP contribution in [0.25, 0.3) is 5.82 Å². The zero-order valence-corrected chi connectivity index (χ0v) is 10.2. The quantitative estimate of drug-likeness (QED) is 0.846. The Morgan fingerprint density at radius 2 is 2.33 bits per heavy atom. The Bertz CT molecular complexity index is 581. The number of aromatic nitrogens is 4. The van der Waals surface area contributed by atoms with E-state index in [1.807, 2.05) is 18.9 Å². The van der Waals surface area contributed by atoms with Gasteiger partial charge in [-0.25, -0.2) is 0 Å². The number of nitrogens with zero attached hydrogens (tertiary/aromatic N) is 6. The SMILES string of the molecule is CCN(C)c1nn(-c2cccnn2)c(N)c1C#N. The minimum Gasteiger partial charge on any atom is -0.382 e. The number of hydrogen-bond acceptors (Lipinski definition) is 6. The molecule has 2 aromatic rings. The molecule has 2 rings (SSSR count). The Morgan fingerprint density at radius 3 is 2.89 bits per heavy atom. The van der Waals surface area contributed by atoms with Crippen molar-refractivity contribution >= 4 is 11.6 Å². The van der Waals surface area contributed by atoms with Gasteiger partial charge in [-0.3, -0.25) is 0 Å². The van der Waals surface area contributed by atoms with Gasteiger partial charge in [0.05, 0.1) is 0 Å². The number of rotatable bonds is 3. The molecule has 0 atom stereocenters. The van der Waals surface area contributed by atoms with Crippen molar-refractivity contribution in [2.75, 3.05) is 24.2 Å². The predicted octanol–water partition coefficient (Wildman–Crippen LogP) is 0.572. The second-order valence-corrected chi connectivity index (χ2v) is 3.70. The molecule has 0 saturated carbocycles. The van der Waals surface area contributed by atoms with Crippen molar-refractivity contribution in [1.29, 1.82) is 5.26 Å². The van der Waals surface area contributed by atoms with Crippen molar-refractivity contribution in [3.8, 4) is 11.9 Å². The lowest BCUT2D eigenvalue weighted by Crippen LogP contribution is -2.17. The summed E-state index contributed by atoms with van der Waals surface area (Å²) >= 11 is 0. The van der Waals surface area contributed by atoms with Crippen molar-refractivity contribution in [2.24, 2.45) is 0 Å². The maximum Gasteiger partial charge on any atom is 0.178 e. The smallest absolute Gasteiger partial charge is 0.178 e. The first-order chi connectivity index (χ1) is 8.69. The minimum atomic E-state index is 0.272. The number of nitrogen functional groups attached to an aromatic ring is 1. The average molecular weight is 243 g/mol. The van der Waals surface area contributed by atoms with E-state index in [1.54, 1.807) is 18.3 Å². The molecule has 0 radical (unpaired) electrons. The third-order valence-electron chi connectivity index (χ3n) is 2.63. The first-order valence-electron chi connectivity index (χ1n) is 5.46. The zero-order chi connectivity index (χ0) is 13.1. The van der Waals surface area contributed by atoms with E-state index >= 15 is 0 Å². The summed E-state index contributed by atoms with van der Waals surface area (Å²) in [5.41, 5.74) is 6.27. The summed E-state index contributed by atoms with van der Waals surface area (Å²) in [6, 6.07) is 5.54. The summed E-state index contributed by atoms with van der Waals surface area (Å²) < 4.78 is 1.42. The topological polar surface area (TPSA) is 96.7 Å². The van der Waals surface area contributed by atoms with E-state index in [0.717, 1.165) is 6.54 Å². The first kappa shape index (κ1) is 11.9. The van der Waals surface area contributed by atoms with Gasteiger partial charge in [0.15, 0.2) is 11.6 Å². The van der Waals surface area contributed by atoms with Crippen molar-refractivity contribution in [2.45, 2.75) is 6.92 Å². The average Bonchev–Trinajstić information content (AvgIpc) is 2.75. The summed E-state index contributed by atoms with van der Waals surface area (Å²) in [6.45, 7) is 2.70. The second kappa shape index (κ2) is 4.71. The van der Waals surface area contributed by atoms with Crippen LogP contribution in [0.5, 0.6) is 0 Å². The lowest BCUT2D eigenvalue weighted by Gasteiger charge is -2.12. The van der Waals surface area contributed by atoms with E-state index in [0.29, 0.717) is 17.2 Å². The van der Waals surface area contributed by atoms with Gasteiger partial charge in [0, 0.05) is 19.8 Å². The monoisotopic (exact) mass is 243 g/mol. The summed E-state index contributed by atoms with van der Waals surface area (Å²) in [6.07, 6.45) is 1.56. The molecule has 7 heteroatoms. The molecule has 2 N–H and O–H groups in total. The van der Waals surface area contributed by atoms with Gasteiger partial charge < -0.3 is 10.6 Å². The van der Waals surface area contributed by atoms with Crippen molar-refractivity contribution in [1.82, 2.24) is 20.0 Å². The van der Waals surface area contributed by atoms with Gasteiger partial charge in [-0.05, 0) is 19.1 Å². The Hall–Kier alpha value is -2.62. The molecule has 0 saturated heterocycles. The number of hydrogen-bond donors (Lipinski definition) is 1. The molecule has 0 aliphatic rings. The van der Waals surface area contributed by atoms with Gasteiger partial charge >= 0.3 is 0 Å². The Kier molecular flexibility index (Phi) is 3.10. The zero-order valence-electron chi connectivity index (χ0n) is 10.2. The summed E-state index contributed by atoms with van der Waals surface area (Å²) in [5, 5.41) is 21.2. The maximum absolute atomic E-state index is 9.16. The third kappa shape index (κ3) is 1.84. The maximum atomic E-state index is 9.16. The van der Waals surface area contributed by atoms with Gasteiger partial charge in [0.25, 0.3) is 0 Å². The van der Waals surface area contributed by atoms with E-state index in [2.05, 4.69) is 21.4 Å². The molecule has 0 fully saturated rings. The standard InChI is InChI=1S/C11H13N7/c1-3-17(2)11-8(7-12)10(13)18(16-11)9-5-4-6-14-15-9/h4-6H,3,13H2,1-2H3. The molecule has 2 aromatic heterocycles. The molecule has 0 aromatic carbocycles. The third-order valence-corrected chi connectivity index (χ3v) is 2.63. The predicted molar refractivity (Wildman–Crippen MR) is 67.2 cm³/mol. The molecule has 0 aliphatic carbocycles. The number of nitrogens with two attached hydrogens (primary N) is 1. The Labute approximate surface area is 104 Å². The lowest BCUT2D eigenvalue weighted by atomic mass is 10.3. The van der Waals surface area contributed by atoms with Crippen LogP contribution in [0.15, 0.2) is 18.3 Å². The highest BCUT2D eigenvalue weighted by Gasteiger charge is 2.19. The molecule has 0 bridgehead atoms. The Morgan fingerprint density at radius 1 is 1.56 bits per heavy atom. The molecule has 92 valence electrons. The minimum absolute atomic E-state index is 0.272.